The fraction of sp³-hybridized carbons (Fsp3) is 0.571. The molecule has 1 aliphatic rings. The van der Waals surface area contributed by atoms with E-state index in [0.29, 0.717) is 24.3 Å². The van der Waals surface area contributed by atoms with Crippen molar-refractivity contribution < 1.29 is 24.5 Å². The zero-order chi connectivity index (χ0) is 18.7. The number of anilines is 1. The number of aliphatic hydroxyl groups is 2. The summed E-state index contributed by atoms with van der Waals surface area (Å²) in [5.41, 5.74) is 11.9. The van der Waals surface area contributed by atoms with Crippen LogP contribution in [0.15, 0.2) is 12.7 Å². The molecule has 1 saturated heterocycles. The summed E-state index contributed by atoms with van der Waals surface area (Å²) in [6, 6.07) is 0. The monoisotopic (exact) mass is 367 g/mol. The number of aromatic nitrogens is 4. The van der Waals surface area contributed by atoms with Gasteiger partial charge in [0, 0.05) is 13.1 Å². The van der Waals surface area contributed by atoms with Gasteiger partial charge in [-0.1, -0.05) is 0 Å². The van der Waals surface area contributed by atoms with Gasteiger partial charge in [-0.05, 0) is 0 Å². The van der Waals surface area contributed by atoms with Crippen molar-refractivity contribution in [2.75, 3.05) is 32.0 Å². The number of imidazole rings is 1. The second kappa shape index (κ2) is 7.88. The molecular weight excluding hydrogens is 346 g/mol. The quantitative estimate of drug-likeness (QED) is 0.340. The Morgan fingerprint density at radius 3 is 2.96 bits per heavy atom. The first-order valence-corrected chi connectivity index (χ1v) is 8.02. The average Bonchev–Trinajstić information content (AvgIpc) is 3.20. The predicted molar refractivity (Wildman–Crippen MR) is 88.5 cm³/mol. The van der Waals surface area contributed by atoms with E-state index in [4.69, 9.17) is 20.9 Å². The molecule has 1 aliphatic heterocycles. The molecule has 3 rings (SSSR count). The number of fused-ring (bicyclic) bond motifs is 1. The van der Waals surface area contributed by atoms with Gasteiger partial charge >= 0.3 is 0 Å². The second-order valence-electron chi connectivity index (χ2n) is 5.74. The molecule has 7 N–H and O–H groups in total. The molecule has 0 spiro atoms. The van der Waals surface area contributed by atoms with E-state index in [2.05, 4.69) is 20.3 Å². The summed E-state index contributed by atoms with van der Waals surface area (Å²) in [6.07, 6.45) is -1.11. The first-order chi connectivity index (χ1) is 12.6. The van der Waals surface area contributed by atoms with E-state index in [-0.39, 0.29) is 18.3 Å². The van der Waals surface area contributed by atoms with Crippen molar-refractivity contribution in [1.82, 2.24) is 24.8 Å². The lowest BCUT2D eigenvalue weighted by atomic mass is 10.1. The van der Waals surface area contributed by atoms with Gasteiger partial charge in [0.25, 0.3) is 0 Å². The topological polar surface area (TPSA) is 184 Å². The molecule has 0 aliphatic carbocycles. The number of hydrogen-bond acceptors (Lipinski definition) is 10. The minimum atomic E-state index is -1.15. The Balaban J connectivity index is 1.83. The highest BCUT2D eigenvalue weighted by molar-refractivity contribution is 5.81. The van der Waals surface area contributed by atoms with Crippen molar-refractivity contribution in [3.63, 3.8) is 0 Å². The minimum Gasteiger partial charge on any atom is -0.394 e. The summed E-state index contributed by atoms with van der Waals surface area (Å²) < 4.78 is 12.8. The van der Waals surface area contributed by atoms with E-state index in [1.807, 2.05) is 0 Å². The smallest absolute Gasteiger partial charge is 0.246 e. The number of hydrogen-bond donors (Lipinski definition) is 5. The van der Waals surface area contributed by atoms with Gasteiger partial charge in [0.2, 0.25) is 5.91 Å². The zero-order valence-corrected chi connectivity index (χ0v) is 13.9. The van der Waals surface area contributed by atoms with Crippen molar-refractivity contribution in [1.29, 1.82) is 0 Å². The van der Waals surface area contributed by atoms with E-state index in [1.54, 1.807) is 0 Å². The van der Waals surface area contributed by atoms with Crippen LogP contribution in [0.2, 0.25) is 0 Å². The van der Waals surface area contributed by atoms with Crippen molar-refractivity contribution >= 4 is 22.9 Å². The maximum Gasteiger partial charge on any atom is 0.246 e. The van der Waals surface area contributed by atoms with Crippen molar-refractivity contribution in [3.05, 3.63) is 12.7 Å². The first kappa shape index (κ1) is 18.4. The molecule has 26 heavy (non-hydrogen) atoms. The summed E-state index contributed by atoms with van der Waals surface area (Å²) in [7, 11) is 0. The van der Waals surface area contributed by atoms with Crippen LogP contribution in [0.25, 0.3) is 11.2 Å². The van der Waals surface area contributed by atoms with Crippen LogP contribution in [0.4, 0.5) is 5.82 Å². The lowest BCUT2D eigenvalue weighted by Crippen LogP contribution is -2.39. The predicted octanol–water partition coefficient (Wildman–Crippen LogP) is -2.88. The standard InChI is InChI=1S/C14H21N7O5/c15-1-2-17-8(23)4-25-11-10(24)7(3-22)26-14(11)21-6-20-9-12(16)18-5-19-13(9)21/h5-7,10-11,14,22,24H,1-4,15H2,(H,17,23)(H2,16,18,19)/t7-,10+,11-,14-/m1/s1. The molecule has 1 amide bonds. The number of nitrogens with two attached hydrogens (primary N) is 2. The van der Waals surface area contributed by atoms with Gasteiger partial charge in [-0.2, -0.15) is 0 Å². The van der Waals surface area contributed by atoms with Crippen LogP contribution in [-0.2, 0) is 14.3 Å². The van der Waals surface area contributed by atoms with Gasteiger partial charge in [-0.25, -0.2) is 15.0 Å². The first-order valence-electron chi connectivity index (χ1n) is 8.02. The van der Waals surface area contributed by atoms with E-state index in [0.717, 1.165) is 0 Å². The number of aliphatic hydroxyl groups excluding tert-OH is 2. The van der Waals surface area contributed by atoms with E-state index in [9.17, 15) is 15.0 Å². The Hall–Kier alpha value is -2.38. The van der Waals surface area contributed by atoms with Gasteiger partial charge in [0.15, 0.2) is 17.7 Å². The molecule has 2 aromatic heterocycles. The Morgan fingerprint density at radius 2 is 2.23 bits per heavy atom. The highest BCUT2D eigenvalue weighted by atomic mass is 16.6. The summed E-state index contributed by atoms with van der Waals surface area (Å²) in [6.45, 7) is -0.0978. The molecule has 0 saturated carbocycles. The van der Waals surface area contributed by atoms with Crippen LogP contribution in [0.5, 0.6) is 0 Å². The third-order valence-corrected chi connectivity index (χ3v) is 4.03. The third-order valence-electron chi connectivity index (χ3n) is 4.03. The molecule has 4 atom stereocenters. The normalized spacial score (nSPS) is 25.7. The summed E-state index contributed by atoms with van der Waals surface area (Å²) in [5.74, 6) is -0.180. The summed E-state index contributed by atoms with van der Waals surface area (Å²) in [4.78, 5) is 23.9. The van der Waals surface area contributed by atoms with Crippen LogP contribution in [0.1, 0.15) is 6.23 Å². The van der Waals surface area contributed by atoms with E-state index >= 15 is 0 Å². The molecule has 0 aromatic carbocycles. The number of amides is 1. The second-order valence-corrected chi connectivity index (χ2v) is 5.74. The van der Waals surface area contributed by atoms with Gasteiger partial charge in [-0.15, -0.1) is 0 Å². The van der Waals surface area contributed by atoms with Crippen LogP contribution < -0.4 is 16.8 Å². The fourth-order valence-electron chi connectivity index (χ4n) is 2.76. The number of nitrogens with one attached hydrogen (secondary N) is 1. The van der Waals surface area contributed by atoms with Crippen LogP contribution in [0, 0.1) is 0 Å². The Kier molecular flexibility index (Phi) is 5.58. The molecule has 12 nitrogen and oxygen atoms in total. The Labute approximate surface area is 148 Å². The summed E-state index contributed by atoms with van der Waals surface area (Å²) >= 11 is 0. The van der Waals surface area contributed by atoms with Crippen molar-refractivity contribution in [3.8, 4) is 0 Å². The van der Waals surface area contributed by atoms with Crippen LogP contribution in [-0.4, -0.2) is 80.3 Å². The van der Waals surface area contributed by atoms with Gasteiger partial charge < -0.3 is 36.5 Å². The molecular formula is C14H21N7O5. The maximum atomic E-state index is 11.7. The highest BCUT2D eigenvalue weighted by Crippen LogP contribution is 2.33. The minimum absolute atomic E-state index is 0.199. The number of ether oxygens (including phenoxy) is 2. The highest BCUT2D eigenvalue weighted by Gasteiger charge is 2.46. The zero-order valence-electron chi connectivity index (χ0n) is 13.9. The number of carbonyl (C=O) groups excluding carboxylic acids is 1. The third kappa shape index (κ3) is 3.45. The van der Waals surface area contributed by atoms with Crippen molar-refractivity contribution in [2.45, 2.75) is 24.5 Å². The van der Waals surface area contributed by atoms with Crippen LogP contribution >= 0.6 is 0 Å². The number of rotatable bonds is 7. The van der Waals surface area contributed by atoms with Crippen molar-refractivity contribution in [2.24, 2.45) is 5.73 Å². The van der Waals surface area contributed by atoms with Gasteiger partial charge in [-0.3, -0.25) is 9.36 Å². The SMILES string of the molecule is NCCNC(=O)CO[C@@H]1[C@@H](O)[C@@H](CO)O[C@H]1n1cnc2c(N)ncnc21. The lowest BCUT2D eigenvalue weighted by molar-refractivity contribution is -0.132. The lowest BCUT2D eigenvalue weighted by Gasteiger charge is -2.21. The molecule has 3 heterocycles. The van der Waals surface area contributed by atoms with Gasteiger partial charge in [0.1, 0.15) is 36.8 Å². The molecule has 12 heteroatoms. The largest absolute Gasteiger partial charge is 0.394 e. The number of nitrogens with zero attached hydrogens (tertiary/aromatic N) is 4. The average molecular weight is 367 g/mol. The molecule has 0 bridgehead atoms. The number of nitrogen functional groups attached to an aromatic ring is 1. The summed E-state index contributed by atoms with van der Waals surface area (Å²) in [5, 5.41) is 22.4. The fourth-order valence-corrected chi connectivity index (χ4v) is 2.76. The number of carbonyl (C=O) groups is 1. The molecule has 2 aromatic rings. The molecule has 142 valence electrons. The molecule has 0 unspecified atom stereocenters. The van der Waals surface area contributed by atoms with E-state index in [1.165, 1.54) is 17.2 Å². The Bertz CT molecular complexity index is 769. The Morgan fingerprint density at radius 1 is 1.42 bits per heavy atom. The maximum absolute atomic E-state index is 11.7. The molecule has 0 radical (unpaired) electrons. The molecule has 1 fully saturated rings. The van der Waals surface area contributed by atoms with E-state index < -0.39 is 31.1 Å². The van der Waals surface area contributed by atoms with Crippen LogP contribution in [0.3, 0.4) is 0 Å². The van der Waals surface area contributed by atoms with Gasteiger partial charge in [0.05, 0.1) is 12.9 Å².